The molecule has 0 rings (SSSR count). The summed E-state index contributed by atoms with van der Waals surface area (Å²) < 4.78 is 4.41. The maximum atomic E-state index is 11.4. The van der Waals surface area contributed by atoms with Crippen LogP contribution in [-0.4, -0.2) is 54.8 Å². The van der Waals surface area contributed by atoms with Gasteiger partial charge in [-0.3, -0.25) is 4.79 Å². The summed E-state index contributed by atoms with van der Waals surface area (Å²) in [4.78, 5) is 33.2. The number of rotatable bonds is 7. The molecule has 0 atom stereocenters. The molecule has 0 aromatic heterocycles. The van der Waals surface area contributed by atoms with E-state index in [1.807, 2.05) is 0 Å². The number of nitrogens with zero attached hydrogens (tertiary/aromatic N) is 1. The third-order valence-corrected chi connectivity index (χ3v) is 1.85. The van der Waals surface area contributed by atoms with E-state index in [1.165, 1.54) is 4.90 Å². The Labute approximate surface area is 98.7 Å². The number of carboxylic acid groups (broad SMARTS) is 1. The van der Waals surface area contributed by atoms with Gasteiger partial charge in [-0.1, -0.05) is 0 Å². The summed E-state index contributed by atoms with van der Waals surface area (Å²) >= 11 is 0. The van der Waals surface area contributed by atoms with Crippen LogP contribution in [0, 0.1) is 0 Å². The Morgan fingerprint density at radius 3 is 2.59 bits per heavy atom. The molecule has 0 spiro atoms. The standard InChI is InChI=1S/C9H17N3O5/c1-12(5-2-3-7(13)14)9(16)11-4-6-17-8(10)15/h2-6H2,1H3,(H2,10,15)(H,11,16)(H,13,14). The van der Waals surface area contributed by atoms with E-state index in [4.69, 9.17) is 10.8 Å². The highest BCUT2D eigenvalue weighted by atomic mass is 16.5. The van der Waals surface area contributed by atoms with Crippen LogP contribution >= 0.6 is 0 Å². The molecule has 4 N–H and O–H groups in total. The van der Waals surface area contributed by atoms with E-state index < -0.39 is 12.1 Å². The minimum absolute atomic E-state index is 0.00401. The van der Waals surface area contributed by atoms with Gasteiger partial charge >= 0.3 is 18.1 Å². The molecule has 3 amide bonds. The van der Waals surface area contributed by atoms with Crippen LogP contribution in [0.25, 0.3) is 0 Å². The van der Waals surface area contributed by atoms with Crippen LogP contribution in [0.5, 0.6) is 0 Å². The first kappa shape index (κ1) is 15.0. The number of hydrogen-bond donors (Lipinski definition) is 3. The third-order valence-electron chi connectivity index (χ3n) is 1.85. The van der Waals surface area contributed by atoms with Crippen LogP contribution in [-0.2, 0) is 9.53 Å². The first-order valence-corrected chi connectivity index (χ1v) is 5.06. The van der Waals surface area contributed by atoms with Gasteiger partial charge in [-0.15, -0.1) is 0 Å². The second-order valence-corrected chi connectivity index (χ2v) is 3.32. The van der Waals surface area contributed by atoms with Crippen molar-refractivity contribution in [3.63, 3.8) is 0 Å². The number of nitrogens with two attached hydrogens (primary N) is 1. The summed E-state index contributed by atoms with van der Waals surface area (Å²) in [5.41, 5.74) is 4.72. The monoisotopic (exact) mass is 247 g/mol. The minimum atomic E-state index is -0.895. The molecule has 0 aromatic rings. The van der Waals surface area contributed by atoms with Crippen molar-refractivity contribution in [2.75, 3.05) is 26.7 Å². The van der Waals surface area contributed by atoms with E-state index in [0.29, 0.717) is 13.0 Å². The quantitative estimate of drug-likeness (QED) is 0.528. The average molecular weight is 247 g/mol. The van der Waals surface area contributed by atoms with Crippen molar-refractivity contribution in [2.45, 2.75) is 12.8 Å². The molecule has 0 radical (unpaired) electrons. The van der Waals surface area contributed by atoms with E-state index in [-0.39, 0.29) is 25.6 Å². The molecule has 0 bridgehead atoms. The number of hydrogen-bond acceptors (Lipinski definition) is 4. The zero-order valence-electron chi connectivity index (χ0n) is 9.64. The SMILES string of the molecule is CN(CCCC(=O)O)C(=O)NCCOC(N)=O. The van der Waals surface area contributed by atoms with Gasteiger partial charge in [0, 0.05) is 20.0 Å². The molecule has 0 fully saturated rings. The fourth-order valence-electron chi connectivity index (χ4n) is 1.01. The molecule has 0 unspecified atom stereocenters. The lowest BCUT2D eigenvalue weighted by Crippen LogP contribution is -2.39. The van der Waals surface area contributed by atoms with E-state index >= 15 is 0 Å². The molecule has 17 heavy (non-hydrogen) atoms. The van der Waals surface area contributed by atoms with Gasteiger partial charge in [0.15, 0.2) is 0 Å². The summed E-state index contributed by atoms with van der Waals surface area (Å²) in [7, 11) is 1.55. The van der Waals surface area contributed by atoms with Gasteiger partial charge in [-0.2, -0.15) is 0 Å². The molecule has 8 nitrogen and oxygen atoms in total. The van der Waals surface area contributed by atoms with E-state index in [0.717, 1.165) is 0 Å². The van der Waals surface area contributed by atoms with Gasteiger partial charge in [0.1, 0.15) is 6.61 Å². The first-order chi connectivity index (χ1) is 7.93. The van der Waals surface area contributed by atoms with Crippen molar-refractivity contribution >= 4 is 18.1 Å². The highest BCUT2D eigenvalue weighted by Crippen LogP contribution is 1.93. The predicted octanol–water partition coefficient (Wildman–Crippen LogP) is -0.412. The smallest absolute Gasteiger partial charge is 0.404 e. The van der Waals surface area contributed by atoms with Gasteiger partial charge in [0.05, 0.1) is 6.54 Å². The molecule has 8 heteroatoms. The fraction of sp³-hybridized carbons (Fsp3) is 0.667. The second-order valence-electron chi connectivity index (χ2n) is 3.32. The van der Waals surface area contributed by atoms with Crippen molar-refractivity contribution in [2.24, 2.45) is 5.73 Å². The van der Waals surface area contributed by atoms with Gasteiger partial charge in [0.25, 0.3) is 0 Å². The summed E-state index contributed by atoms with van der Waals surface area (Å²) in [6.07, 6.45) is -0.492. The number of carbonyl (C=O) groups is 3. The number of amides is 3. The molecule has 0 aliphatic rings. The predicted molar refractivity (Wildman–Crippen MR) is 58.4 cm³/mol. The van der Waals surface area contributed by atoms with Crippen LogP contribution in [0.15, 0.2) is 0 Å². The summed E-state index contributed by atoms with van der Waals surface area (Å²) in [6, 6.07) is -0.358. The molecular weight excluding hydrogens is 230 g/mol. The van der Waals surface area contributed by atoms with Crippen LogP contribution in [0.3, 0.4) is 0 Å². The van der Waals surface area contributed by atoms with Gasteiger partial charge in [-0.05, 0) is 6.42 Å². The Bertz CT molecular complexity index is 282. The summed E-state index contributed by atoms with van der Waals surface area (Å²) in [5, 5.41) is 10.9. The van der Waals surface area contributed by atoms with Crippen LogP contribution in [0.1, 0.15) is 12.8 Å². The zero-order valence-corrected chi connectivity index (χ0v) is 9.64. The zero-order chi connectivity index (χ0) is 13.3. The van der Waals surface area contributed by atoms with Crippen molar-refractivity contribution in [3.05, 3.63) is 0 Å². The summed E-state index contributed by atoms with van der Waals surface area (Å²) in [5.74, 6) is -0.895. The number of carbonyl (C=O) groups excluding carboxylic acids is 2. The maximum Gasteiger partial charge on any atom is 0.404 e. The lowest BCUT2D eigenvalue weighted by molar-refractivity contribution is -0.137. The van der Waals surface area contributed by atoms with Crippen molar-refractivity contribution in [3.8, 4) is 0 Å². The summed E-state index contributed by atoms with van der Waals surface area (Å²) in [6.45, 7) is 0.504. The lowest BCUT2D eigenvalue weighted by atomic mass is 10.3. The molecule has 98 valence electrons. The van der Waals surface area contributed by atoms with E-state index in [2.05, 4.69) is 10.1 Å². The number of nitrogens with one attached hydrogen (secondary N) is 1. The first-order valence-electron chi connectivity index (χ1n) is 5.06. The molecule has 0 heterocycles. The Hall–Kier alpha value is -1.99. The Balaban J connectivity index is 3.60. The third kappa shape index (κ3) is 8.97. The highest BCUT2D eigenvalue weighted by molar-refractivity contribution is 5.74. The molecule has 0 aliphatic heterocycles. The largest absolute Gasteiger partial charge is 0.481 e. The van der Waals surface area contributed by atoms with E-state index in [1.54, 1.807) is 7.05 Å². The van der Waals surface area contributed by atoms with Gasteiger partial charge in [-0.25, -0.2) is 9.59 Å². The normalized spacial score (nSPS) is 9.47. The number of carboxylic acids is 1. The number of aliphatic carboxylic acids is 1. The topological polar surface area (TPSA) is 122 Å². The Morgan fingerprint density at radius 1 is 1.41 bits per heavy atom. The number of primary amides is 1. The lowest BCUT2D eigenvalue weighted by Gasteiger charge is -2.17. The van der Waals surface area contributed by atoms with Crippen LogP contribution in [0.4, 0.5) is 9.59 Å². The van der Waals surface area contributed by atoms with E-state index in [9.17, 15) is 14.4 Å². The average Bonchev–Trinajstić information content (AvgIpc) is 2.23. The van der Waals surface area contributed by atoms with Gasteiger partial charge in [0.2, 0.25) is 0 Å². The molecule has 0 aliphatic carbocycles. The fourth-order valence-corrected chi connectivity index (χ4v) is 1.01. The second kappa shape index (κ2) is 8.20. The van der Waals surface area contributed by atoms with Crippen LogP contribution < -0.4 is 11.1 Å². The number of urea groups is 1. The van der Waals surface area contributed by atoms with Crippen molar-refractivity contribution in [1.29, 1.82) is 0 Å². The van der Waals surface area contributed by atoms with Crippen molar-refractivity contribution < 1.29 is 24.2 Å². The Morgan fingerprint density at radius 2 is 2.06 bits per heavy atom. The highest BCUT2D eigenvalue weighted by Gasteiger charge is 2.08. The molecule has 0 saturated heterocycles. The van der Waals surface area contributed by atoms with Crippen LogP contribution in [0.2, 0.25) is 0 Å². The van der Waals surface area contributed by atoms with Gasteiger partial charge < -0.3 is 25.8 Å². The minimum Gasteiger partial charge on any atom is -0.481 e. The number of ether oxygens (including phenoxy) is 1. The molecule has 0 saturated carbocycles. The maximum absolute atomic E-state index is 11.4. The molecule has 0 aromatic carbocycles. The Kier molecular flexibility index (Phi) is 7.24. The molecular formula is C9H17N3O5. The van der Waals surface area contributed by atoms with Crippen molar-refractivity contribution in [1.82, 2.24) is 10.2 Å².